The van der Waals surface area contributed by atoms with E-state index in [0.717, 1.165) is 13.0 Å². The molecule has 1 aliphatic heterocycles. The number of likely N-dealkylation sites (tertiary alicyclic amines) is 1. The molecule has 1 heterocycles. The molecule has 1 fully saturated rings. The molecule has 15 heavy (non-hydrogen) atoms. The van der Waals surface area contributed by atoms with Crippen molar-refractivity contribution in [3.8, 4) is 0 Å². The minimum atomic E-state index is -0.698. The molecule has 0 aromatic carbocycles. The van der Waals surface area contributed by atoms with Crippen LogP contribution in [0.1, 0.15) is 46.5 Å². The Morgan fingerprint density at radius 3 is 2.33 bits per heavy atom. The van der Waals surface area contributed by atoms with Gasteiger partial charge in [0.25, 0.3) is 0 Å². The lowest BCUT2D eigenvalue weighted by Gasteiger charge is -2.40. The average Bonchev–Trinajstić information content (AvgIpc) is 2.17. The van der Waals surface area contributed by atoms with E-state index in [1.165, 1.54) is 19.3 Å². The van der Waals surface area contributed by atoms with Gasteiger partial charge in [0.15, 0.2) is 0 Å². The summed E-state index contributed by atoms with van der Waals surface area (Å²) in [6, 6.07) is 1.31. The largest absolute Gasteiger partial charge is 0.389 e. The second-order valence-electron chi connectivity index (χ2n) is 5.32. The summed E-state index contributed by atoms with van der Waals surface area (Å²) >= 11 is 0. The lowest BCUT2D eigenvalue weighted by Crippen LogP contribution is -2.47. The summed E-state index contributed by atoms with van der Waals surface area (Å²) in [7, 11) is 0. The fourth-order valence-electron chi connectivity index (χ4n) is 2.39. The van der Waals surface area contributed by atoms with Crippen molar-refractivity contribution in [3.63, 3.8) is 0 Å². The van der Waals surface area contributed by atoms with E-state index in [-0.39, 0.29) is 0 Å². The zero-order valence-corrected chi connectivity index (χ0v) is 10.4. The Morgan fingerprint density at radius 1 is 1.33 bits per heavy atom. The van der Waals surface area contributed by atoms with Gasteiger partial charge in [-0.2, -0.15) is 0 Å². The molecular formula is C12H26N2O. The van der Waals surface area contributed by atoms with Crippen LogP contribution in [0.2, 0.25) is 0 Å². The van der Waals surface area contributed by atoms with E-state index >= 15 is 0 Å². The van der Waals surface area contributed by atoms with Crippen molar-refractivity contribution in [2.75, 3.05) is 13.1 Å². The third-order valence-electron chi connectivity index (χ3n) is 3.72. The van der Waals surface area contributed by atoms with Gasteiger partial charge >= 0.3 is 0 Å². The smallest absolute Gasteiger partial charge is 0.0753 e. The van der Waals surface area contributed by atoms with Gasteiger partial charge in [0, 0.05) is 25.2 Å². The van der Waals surface area contributed by atoms with Crippen LogP contribution in [0.3, 0.4) is 0 Å². The van der Waals surface area contributed by atoms with Crippen LogP contribution in [-0.2, 0) is 0 Å². The number of hydrogen-bond donors (Lipinski definition) is 2. The second kappa shape index (κ2) is 5.28. The Hall–Kier alpha value is -0.120. The topological polar surface area (TPSA) is 49.5 Å². The van der Waals surface area contributed by atoms with Crippen LogP contribution in [0.25, 0.3) is 0 Å². The highest BCUT2D eigenvalue weighted by atomic mass is 16.3. The minimum absolute atomic E-state index is 0.351. The predicted molar refractivity (Wildman–Crippen MR) is 63.8 cm³/mol. The summed E-state index contributed by atoms with van der Waals surface area (Å²) in [5, 5.41) is 9.87. The predicted octanol–water partition coefficient (Wildman–Crippen LogP) is 1.35. The van der Waals surface area contributed by atoms with E-state index in [0.29, 0.717) is 18.6 Å². The van der Waals surface area contributed by atoms with Crippen LogP contribution in [0, 0.1) is 0 Å². The van der Waals surface area contributed by atoms with Gasteiger partial charge in [-0.15, -0.1) is 0 Å². The van der Waals surface area contributed by atoms with Crippen LogP contribution < -0.4 is 5.73 Å². The first kappa shape index (κ1) is 12.9. The van der Waals surface area contributed by atoms with Crippen molar-refractivity contribution in [1.29, 1.82) is 0 Å². The van der Waals surface area contributed by atoms with Crippen LogP contribution in [0.4, 0.5) is 0 Å². The highest BCUT2D eigenvalue weighted by Gasteiger charge is 2.27. The number of rotatable bonds is 4. The molecule has 0 aromatic rings. The number of hydrogen-bond acceptors (Lipinski definition) is 3. The number of piperidine rings is 1. The Labute approximate surface area is 93.6 Å². The van der Waals surface area contributed by atoms with E-state index in [2.05, 4.69) is 18.7 Å². The summed E-state index contributed by atoms with van der Waals surface area (Å²) in [5.41, 5.74) is 4.83. The van der Waals surface area contributed by atoms with Gasteiger partial charge in [0.05, 0.1) is 5.60 Å². The summed E-state index contributed by atoms with van der Waals surface area (Å²) < 4.78 is 0. The molecule has 1 unspecified atom stereocenters. The molecule has 3 nitrogen and oxygen atoms in total. The van der Waals surface area contributed by atoms with Gasteiger partial charge in [-0.1, -0.05) is 6.42 Å². The van der Waals surface area contributed by atoms with Gasteiger partial charge in [0.2, 0.25) is 0 Å². The first-order valence-electron chi connectivity index (χ1n) is 6.14. The molecule has 0 radical (unpaired) electrons. The maximum atomic E-state index is 9.87. The maximum absolute atomic E-state index is 9.87. The molecule has 0 saturated carbocycles. The fraction of sp³-hybridized carbons (Fsp3) is 1.00. The van der Waals surface area contributed by atoms with E-state index in [1.54, 1.807) is 0 Å². The molecule has 1 saturated heterocycles. The molecule has 0 bridgehead atoms. The van der Waals surface area contributed by atoms with Crippen LogP contribution in [-0.4, -0.2) is 40.8 Å². The van der Waals surface area contributed by atoms with Gasteiger partial charge in [0.1, 0.15) is 0 Å². The molecule has 3 heteroatoms. The second-order valence-corrected chi connectivity index (χ2v) is 5.32. The SMILES string of the molecule is C[C@@H]1CCC[C@H](C)N1CCC(C)(O)CN. The Morgan fingerprint density at radius 2 is 1.87 bits per heavy atom. The van der Waals surface area contributed by atoms with Crippen molar-refractivity contribution >= 4 is 0 Å². The Kier molecular flexibility index (Phi) is 4.56. The van der Waals surface area contributed by atoms with E-state index in [4.69, 9.17) is 5.73 Å². The third kappa shape index (κ3) is 3.74. The first-order chi connectivity index (χ1) is 6.96. The summed E-state index contributed by atoms with van der Waals surface area (Å²) in [6.07, 6.45) is 4.69. The number of nitrogens with zero attached hydrogens (tertiary/aromatic N) is 1. The monoisotopic (exact) mass is 214 g/mol. The quantitative estimate of drug-likeness (QED) is 0.742. The summed E-state index contributed by atoms with van der Waals surface area (Å²) in [5.74, 6) is 0. The molecule has 1 rings (SSSR count). The minimum Gasteiger partial charge on any atom is -0.389 e. The van der Waals surface area contributed by atoms with Crippen molar-refractivity contribution < 1.29 is 5.11 Å². The van der Waals surface area contributed by atoms with Crippen molar-refractivity contribution in [2.24, 2.45) is 5.73 Å². The lowest BCUT2D eigenvalue weighted by molar-refractivity contribution is 0.0255. The van der Waals surface area contributed by atoms with Crippen molar-refractivity contribution in [2.45, 2.75) is 64.1 Å². The molecule has 1 aliphatic rings. The van der Waals surface area contributed by atoms with Gasteiger partial charge < -0.3 is 10.8 Å². The molecule has 3 N–H and O–H groups in total. The van der Waals surface area contributed by atoms with Crippen LogP contribution in [0.15, 0.2) is 0 Å². The fourth-order valence-corrected chi connectivity index (χ4v) is 2.39. The van der Waals surface area contributed by atoms with E-state index < -0.39 is 5.60 Å². The zero-order valence-electron chi connectivity index (χ0n) is 10.4. The number of aliphatic hydroxyl groups is 1. The molecule has 0 aromatic heterocycles. The van der Waals surface area contributed by atoms with E-state index in [1.807, 2.05) is 6.92 Å². The number of nitrogens with two attached hydrogens (primary N) is 1. The summed E-state index contributed by atoms with van der Waals surface area (Å²) in [4.78, 5) is 2.51. The zero-order chi connectivity index (χ0) is 11.5. The lowest BCUT2D eigenvalue weighted by atomic mass is 9.95. The van der Waals surface area contributed by atoms with Gasteiger partial charge in [-0.3, -0.25) is 4.90 Å². The molecular weight excluding hydrogens is 188 g/mol. The third-order valence-corrected chi connectivity index (χ3v) is 3.72. The molecule has 3 atom stereocenters. The first-order valence-corrected chi connectivity index (χ1v) is 6.14. The normalized spacial score (nSPS) is 32.6. The highest BCUT2D eigenvalue weighted by Crippen LogP contribution is 2.23. The van der Waals surface area contributed by atoms with Crippen LogP contribution in [0.5, 0.6) is 0 Å². The molecule has 0 spiro atoms. The van der Waals surface area contributed by atoms with Crippen LogP contribution >= 0.6 is 0 Å². The molecule has 0 amide bonds. The van der Waals surface area contributed by atoms with Gasteiger partial charge in [-0.25, -0.2) is 0 Å². The average molecular weight is 214 g/mol. The summed E-state index contributed by atoms with van der Waals surface area (Å²) in [6.45, 7) is 7.71. The molecule has 90 valence electrons. The van der Waals surface area contributed by atoms with Gasteiger partial charge in [-0.05, 0) is 40.0 Å². The van der Waals surface area contributed by atoms with Crippen molar-refractivity contribution in [1.82, 2.24) is 4.90 Å². The molecule has 0 aliphatic carbocycles. The standard InChI is InChI=1S/C12H26N2O/c1-10-5-4-6-11(2)14(10)8-7-12(3,15)9-13/h10-11,15H,4-9,13H2,1-3H3/t10-,11+,12?. The Balaban J connectivity index is 2.42. The van der Waals surface area contributed by atoms with E-state index in [9.17, 15) is 5.11 Å². The van der Waals surface area contributed by atoms with Crippen molar-refractivity contribution in [3.05, 3.63) is 0 Å². The Bertz CT molecular complexity index is 184. The highest BCUT2D eigenvalue weighted by molar-refractivity contribution is 4.82. The maximum Gasteiger partial charge on any atom is 0.0753 e.